The number of nitrogens with two attached hydrogens (primary N) is 3. The predicted molar refractivity (Wildman–Crippen MR) is 60.1 cm³/mol. The molecule has 1 rings (SSSR count). The molecule has 0 aliphatic rings. The number of carboxylic acid groups (broad SMARTS) is 1. The van der Waals surface area contributed by atoms with E-state index in [0.717, 1.165) is 0 Å². The zero-order chi connectivity index (χ0) is 14.0. The van der Waals surface area contributed by atoms with Gasteiger partial charge in [0.15, 0.2) is 5.96 Å². The van der Waals surface area contributed by atoms with Crippen molar-refractivity contribution >= 4 is 17.9 Å². The van der Waals surface area contributed by atoms with Crippen LogP contribution >= 0.6 is 0 Å². The third-order valence-electron chi connectivity index (χ3n) is 1.03. The van der Waals surface area contributed by atoms with Crippen LogP contribution in [-0.4, -0.2) is 43.4 Å². The Hall–Kier alpha value is -2.49. The minimum absolute atomic E-state index is 0.0370. The van der Waals surface area contributed by atoms with E-state index in [-0.39, 0.29) is 11.8 Å². The molecule has 1 aromatic rings. The Morgan fingerprint density at radius 2 is 1.94 bits per heavy atom. The maximum atomic E-state index is 9.12. The van der Waals surface area contributed by atoms with Crippen LogP contribution < -0.4 is 17.2 Å². The summed E-state index contributed by atoms with van der Waals surface area (Å²) in [5, 5.41) is 29.7. The number of rotatable bonds is 1. The molecule has 1 heterocycles. The van der Waals surface area contributed by atoms with Crippen LogP contribution in [0.4, 0.5) is 5.95 Å². The smallest absolute Gasteiger partial charge is 0.329 e. The molecule has 17 heavy (non-hydrogen) atoms. The number of aliphatic carboxylic acids is 1. The lowest BCUT2D eigenvalue weighted by Gasteiger charge is -1.86. The van der Waals surface area contributed by atoms with Gasteiger partial charge in [-0.25, -0.2) is 4.79 Å². The Bertz CT molecular complexity index is 340. The highest BCUT2D eigenvalue weighted by Crippen LogP contribution is 2.06. The Morgan fingerprint density at radius 1 is 1.59 bits per heavy atom. The first kappa shape index (κ1) is 16.9. The normalized spacial score (nSPS) is 8.12. The standard InChI is InChI=1S/C4H7N3O.C2H4O3.CH5N3/c1-7-2-3(8)6-4(7)5;3-1-2(4)5;2-1(3)4/h2,8H,1H3,(H2,5,6);3H,1H2,(H,4,5);(H5,2,3,4). The number of guanidine groups is 1. The highest BCUT2D eigenvalue weighted by Gasteiger charge is 1.95. The molecule has 10 N–H and O–H groups in total. The second kappa shape index (κ2) is 8.79. The molecule has 10 nitrogen and oxygen atoms in total. The summed E-state index contributed by atoms with van der Waals surface area (Å²) in [6, 6.07) is 0. The van der Waals surface area contributed by atoms with Crippen molar-refractivity contribution in [3.8, 4) is 5.88 Å². The molecule has 0 bridgehead atoms. The van der Waals surface area contributed by atoms with Crippen LogP contribution in [0.15, 0.2) is 6.20 Å². The fourth-order valence-electron chi connectivity index (χ4n) is 0.464. The lowest BCUT2D eigenvalue weighted by molar-refractivity contribution is -0.140. The molecule has 0 amide bonds. The lowest BCUT2D eigenvalue weighted by Crippen LogP contribution is -2.20. The molecule has 0 saturated heterocycles. The zero-order valence-electron chi connectivity index (χ0n) is 9.16. The summed E-state index contributed by atoms with van der Waals surface area (Å²) in [6.45, 7) is -0.778. The average Bonchev–Trinajstić information content (AvgIpc) is 2.44. The van der Waals surface area contributed by atoms with Gasteiger partial charge in [-0.15, -0.1) is 0 Å². The minimum atomic E-state index is -1.19. The number of aromatic nitrogens is 2. The van der Waals surface area contributed by atoms with Crippen LogP contribution in [0, 0.1) is 5.41 Å². The van der Waals surface area contributed by atoms with Gasteiger partial charge < -0.3 is 37.1 Å². The van der Waals surface area contributed by atoms with Gasteiger partial charge in [0, 0.05) is 7.05 Å². The predicted octanol–water partition coefficient (Wildman–Crippen LogP) is -2.39. The molecule has 0 saturated carbocycles. The molecule has 0 fully saturated rings. The second-order valence-corrected chi connectivity index (χ2v) is 2.58. The number of nitrogens with zero attached hydrogens (tertiary/aromatic N) is 2. The first-order chi connectivity index (χ1) is 7.70. The highest BCUT2D eigenvalue weighted by molar-refractivity contribution is 5.71. The number of anilines is 1. The molecule has 0 aliphatic heterocycles. The van der Waals surface area contributed by atoms with Crippen molar-refractivity contribution in [3.63, 3.8) is 0 Å². The van der Waals surface area contributed by atoms with Crippen molar-refractivity contribution in [1.29, 1.82) is 5.41 Å². The van der Waals surface area contributed by atoms with Gasteiger partial charge >= 0.3 is 5.97 Å². The van der Waals surface area contributed by atoms with Crippen molar-refractivity contribution < 1.29 is 20.1 Å². The highest BCUT2D eigenvalue weighted by atomic mass is 16.4. The van der Waals surface area contributed by atoms with Crippen molar-refractivity contribution in [1.82, 2.24) is 9.55 Å². The van der Waals surface area contributed by atoms with Crippen molar-refractivity contribution in [2.45, 2.75) is 0 Å². The van der Waals surface area contributed by atoms with E-state index < -0.39 is 12.6 Å². The first-order valence-electron chi connectivity index (χ1n) is 4.10. The second-order valence-electron chi connectivity index (χ2n) is 2.58. The number of nitrogens with one attached hydrogen (secondary N) is 1. The summed E-state index contributed by atoms with van der Waals surface area (Å²) in [7, 11) is 1.71. The van der Waals surface area contributed by atoms with E-state index in [1.54, 1.807) is 7.05 Å². The molecule has 10 heteroatoms. The van der Waals surface area contributed by atoms with Gasteiger partial charge in [-0.3, -0.25) is 5.41 Å². The Balaban J connectivity index is 0. The van der Waals surface area contributed by atoms with E-state index in [9.17, 15) is 0 Å². The van der Waals surface area contributed by atoms with Gasteiger partial charge in [0.25, 0.3) is 0 Å². The molecular formula is C7H16N6O4. The fourth-order valence-corrected chi connectivity index (χ4v) is 0.464. The number of hydrogen-bond acceptors (Lipinski definition) is 6. The number of aliphatic hydroxyl groups is 1. The van der Waals surface area contributed by atoms with Crippen LogP contribution in [0.3, 0.4) is 0 Å². The van der Waals surface area contributed by atoms with Gasteiger partial charge in [-0.1, -0.05) is 0 Å². The number of aryl methyl sites for hydroxylation is 1. The van der Waals surface area contributed by atoms with Crippen molar-refractivity contribution in [2.24, 2.45) is 18.5 Å². The molecule has 0 unspecified atom stereocenters. The van der Waals surface area contributed by atoms with Crippen molar-refractivity contribution in [3.05, 3.63) is 6.20 Å². The molecular weight excluding hydrogens is 232 g/mol. The largest absolute Gasteiger partial charge is 0.492 e. The van der Waals surface area contributed by atoms with Crippen LogP contribution in [0.5, 0.6) is 5.88 Å². The summed E-state index contributed by atoms with van der Waals surface area (Å²) in [6.07, 6.45) is 1.44. The summed E-state index contributed by atoms with van der Waals surface area (Å²) in [5.41, 5.74) is 14.2. The third-order valence-corrected chi connectivity index (χ3v) is 1.03. The number of imidazole rings is 1. The van der Waals surface area contributed by atoms with E-state index in [1.165, 1.54) is 10.8 Å². The van der Waals surface area contributed by atoms with Crippen LogP contribution in [0.1, 0.15) is 0 Å². The minimum Gasteiger partial charge on any atom is -0.492 e. The maximum absolute atomic E-state index is 9.12. The van der Waals surface area contributed by atoms with Crippen LogP contribution in [-0.2, 0) is 11.8 Å². The molecule has 0 atom stereocenters. The van der Waals surface area contributed by atoms with E-state index in [0.29, 0.717) is 5.95 Å². The third kappa shape index (κ3) is 13.5. The summed E-state index contributed by atoms with van der Waals surface area (Å²) < 4.78 is 1.54. The Kier molecular flexibility index (Phi) is 8.75. The van der Waals surface area contributed by atoms with E-state index in [1.807, 2.05) is 0 Å². The Morgan fingerprint density at radius 3 is 2.00 bits per heavy atom. The summed E-state index contributed by atoms with van der Waals surface area (Å²) in [4.78, 5) is 12.6. The fraction of sp³-hybridized carbons (Fsp3) is 0.286. The Labute approximate surface area is 96.8 Å². The number of hydrogen-bond donors (Lipinski definition) is 7. The monoisotopic (exact) mass is 248 g/mol. The molecule has 0 aromatic carbocycles. The maximum Gasteiger partial charge on any atom is 0.329 e. The number of nitrogen functional groups attached to an aromatic ring is 1. The van der Waals surface area contributed by atoms with E-state index >= 15 is 0 Å². The first-order valence-corrected chi connectivity index (χ1v) is 4.10. The van der Waals surface area contributed by atoms with Crippen LogP contribution in [0.2, 0.25) is 0 Å². The number of aliphatic hydroxyl groups excluding tert-OH is 1. The molecule has 0 aliphatic carbocycles. The van der Waals surface area contributed by atoms with Gasteiger partial charge in [0.05, 0.1) is 6.20 Å². The topological polar surface area (TPSA) is 197 Å². The number of aromatic hydroxyl groups is 1. The zero-order valence-corrected chi connectivity index (χ0v) is 9.16. The van der Waals surface area contributed by atoms with Gasteiger partial charge in [-0.05, 0) is 0 Å². The molecule has 1 aromatic heterocycles. The summed E-state index contributed by atoms with van der Waals surface area (Å²) >= 11 is 0. The number of carboxylic acids is 1. The van der Waals surface area contributed by atoms with Crippen LogP contribution in [0.25, 0.3) is 0 Å². The lowest BCUT2D eigenvalue weighted by atomic mass is 10.8. The van der Waals surface area contributed by atoms with E-state index in [4.69, 9.17) is 31.3 Å². The molecule has 0 spiro atoms. The van der Waals surface area contributed by atoms with Gasteiger partial charge in [-0.2, -0.15) is 4.98 Å². The van der Waals surface area contributed by atoms with Crippen molar-refractivity contribution in [2.75, 3.05) is 12.3 Å². The molecule has 0 radical (unpaired) electrons. The molecule has 98 valence electrons. The number of carbonyl (C=O) groups is 1. The SMILES string of the molecule is Cn1cc(O)nc1N.N=C(N)N.O=C(O)CO. The van der Waals surface area contributed by atoms with E-state index in [2.05, 4.69) is 16.5 Å². The van der Waals surface area contributed by atoms with Gasteiger partial charge in [0.2, 0.25) is 11.8 Å². The average molecular weight is 248 g/mol. The summed E-state index contributed by atoms with van der Waals surface area (Å²) in [5.74, 6) is -1.24. The quantitative estimate of drug-likeness (QED) is 0.211. The van der Waals surface area contributed by atoms with Gasteiger partial charge in [0.1, 0.15) is 6.61 Å².